The van der Waals surface area contributed by atoms with E-state index in [9.17, 15) is 9.59 Å². The van der Waals surface area contributed by atoms with Crippen LogP contribution in [0.25, 0.3) is 0 Å². The Balaban J connectivity index is 2.05. The third-order valence-electron chi connectivity index (χ3n) is 2.83. The fourth-order valence-electron chi connectivity index (χ4n) is 1.77. The monoisotopic (exact) mass is 308 g/mol. The van der Waals surface area contributed by atoms with Crippen LogP contribution in [0.1, 0.15) is 0 Å². The lowest BCUT2D eigenvalue weighted by Gasteiger charge is -2.09. The molecule has 0 atom stereocenters. The Morgan fingerprint density at radius 2 is 1.43 bits per heavy atom. The molecular formula is C18H16N2O3. The van der Waals surface area contributed by atoms with Crippen molar-refractivity contribution in [2.45, 2.75) is 0 Å². The molecule has 5 heteroatoms. The van der Waals surface area contributed by atoms with Gasteiger partial charge in [-0.05, 0) is 48.6 Å². The largest absolute Gasteiger partial charge is 0.457 e. The SMILES string of the molecule is C=CC(=O)Nc1ccc(Oc2cccc(NC(=O)C=C)c2)cc1. The van der Waals surface area contributed by atoms with Gasteiger partial charge in [0.1, 0.15) is 11.5 Å². The van der Waals surface area contributed by atoms with Gasteiger partial charge in [-0.25, -0.2) is 0 Å². The molecule has 0 aliphatic rings. The number of rotatable bonds is 6. The number of carbonyl (C=O) groups is 2. The minimum absolute atomic E-state index is 0.274. The van der Waals surface area contributed by atoms with Gasteiger partial charge in [0.05, 0.1) is 0 Å². The van der Waals surface area contributed by atoms with E-state index in [2.05, 4.69) is 23.8 Å². The van der Waals surface area contributed by atoms with Crippen molar-refractivity contribution in [3.63, 3.8) is 0 Å². The lowest BCUT2D eigenvalue weighted by molar-refractivity contribution is -0.112. The van der Waals surface area contributed by atoms with Crippen molar-refractivity contribution in [2.75, 3.05) is 10.6 Å². The van der Waals surface area contributed by atoms with Crippen molar-refractivity contribution in [1.29, 1.82) is 0 Å². The van der Waals surface area contributed by atoms with Crippen LogP contribution < -0.4 is 15.4 Å². The Morgan fingerprint density at radius 1 is 0.826 bits per heavy atom. The Morgan fingerprint density at radius 3 is 2.04 bits per heavy atom. The number of benzene rings is 2. The molecule has 116 valence electrons. The van der Waals surface area contributed by atoms with Crippen molar-refractivity contribution in [2.24, 2.45) is 0 Å². The predicted octanol–water partition coefficient (Wildman–Crippen LogP) is 3.73. The second-order valence-electron chi connectivity index (χ2n) is 4.54. The molecule has 0 heterocycles. The van der Waals surface area contributed by atoms with Gasteiger partial charge < -0.3 is 15.4 Å². The van der Waals surface area contributed by atoms with Crippen LogP contribution in [0.2, 0.25) is 0 Å². The number of nitrogens with one attached hydrogen (secondary N) is 2. The van der Waals surface area contributed by atoms with Crippen LogP contribution in [-0.2, 0) is 9.59 Å². The van der Waals surface area contributed by atoms with Gasteiger partial charge in [-0.2, -0.15) is 0 Å². The second-order valence-corrected chi connectivity index (χ2v) is 4.54. The molecular weight excluding hydrogens is 292 g/mol. The van der Waals surface area contributed by atoms with Crippen molar-refractivity contribution >= 4 is 23.2 Å². The van der Waals surface area contributed by atoms with Gasteiger partial charge in [-0.3, -0.25) is 9.59 Å². The molecule has 0 radical (unpaired) electrons. The van der Waals surface area contributed by atoms with Gasteiger partial charge in [-0.1, -0.05) is 19.2 Å². The number of amides is 2. The first-order chi connectivity index (χ1) is 11.1. The number of ether oxygens (including phenoxy) is 1. The third kappa shape index (κ3) is 4.86. The van der Waals surface area contributed by atoms with E-state index in [0.717, 1.165) is 0 Å². The quantitative estimate of drug-likeness (QED) is 0.799. The minimum Gasteiger partial charge on any atom is -0.457 e. The summed E-state index contributed by atoms with van der Waals surface area (Å²) in [7, 11) is 0. The van der Waals surface area contributed by atoms with E-state index in [1.165, 1.54) is 12.2 Å². The van der Waals surface area contributed by atoms with E-state index in [-0.39, 0.29) is 11.8 Å². The zero-order valence-electron chi connectivity index (χ0n) is 12.4. The molecule has 2 N–H and O–H groups in total. The van der Waals surface area contributed by atoms with Crippen LogP contribution in [0.15, 0.2) is 73.8 Å². The van der Waals surface area contributed by atoms with Crippen LogP contribution in [-0.4, -0.2) is 11.8 Å². The molecule has 2 aromatic rings. The van der Waals surface area contributed by atoms with Crippen LogP contribution >= 0.6 is 0 Å². The third-order valence-corrected chi connectivity index (χ3v) is 2.83. The number of anilines is 2. The van der Waals surface area contributed by atoms with E-state index in [4.69, 9.17) is 4.74 Å². The summed E-state index contributed by atoms with van der Waals surface area (Å²) in [5.41, 5.74) is 1.26. The van der Waals surface area contributed by atoms with Gasteiger partial charge >= 0.3 is 0 Å². The summed E-state index contributed by atoms with van der Waals surface area (Å²) in [6, 6.07) is 13.9. The number of carbonyl (C=O) groups excluding carboxylic acids is 2. The maximum Gasteiger partial charge on any atom is 0.247 e. The first-order valence-electron chi connectivity index (χ1n) is 6.85. The maximum atomic E-state index is 11.3. The molecule has 5 nitrogen and oxygen atoms in total. The van der Waals surface area contributed by atoms with Crippen LogP contribution in [0, 0.1) is 0 Å². The highest BCUT2D eigenvalue weighted by molar-refractivity contribution is 5.99. The van der Waals surface area contributed by atoms with Gasteiger partial charge in [0, 0.05) is 17.4 Å². The fourth-order valence-corrected chi connectivity index (χ4v) is 1.77. The summed E-state index contributed by atoms with van der Waals surface area (Å²) in [5.74, 6) is 0.623. The van der Waals surface area contributed by atoms with Gasteiger partial charge in [-0.15, -0.1) is 0 Å². The molecule has 23 heavy (non-hydrogen) atoms. The average Bonchev–Trinajstić information content (AvgIpc) is 2.56. The van der Waals surface area contributed by atoms with Crippen LogP contribution in [0.4, 0.5) is 11.4 Å². The van der Waals surface area contributed by atoms with E-state index in [0.29, 0.717) is 22.9 Å². The Bertz CT molecular complexity index is 736. The van der Waals surface area contributed by atoms with E-state index in [1.807, 2.05) is 0 Å². The van der Waals surface area contributed by atoms with Crippen molar-refractivity contribution in [1.82, 2.24) is 0 Å². The van der Waals surface area contributed by atoms with Crippen molar-refractivity contribution < 1.29 is 14.3 Å². The lowest BCUT2D eigenvalue weighted by atomic mass is 10.2. The molecule has 0 saturated heterocycles. The summed E-state index contributed by atoms with van der Waals surface area (Å²) in [6.07, 6.45) is 2.40. The Labute approximate surface area is 134 Å². The standard InChI is InChI=1S/C18H16N2O3/c1-3-17(21)19-13-8-10-15(11-9-13)23-16-7-5-6-14(12-16)20-18(22)4-2/h3-12H,1-2H2,(H,19,21)(H,20,22). The Hall–Kier alpha value is -3.34. The highest BCUT2D eigenvalue weighted by Crippen LogP contribution is 2.25. The summed E-state index contributed by atoms with van der Waals surface area (Å²) in [6.45, 7) is 6.79. The van der Waals surface area contributed by atoms with E-state index < -0.39 is 0 Å². The molecule has 0 aliphatic heterocycles. The van der Waals surface area contributed by atoms with Crippen LogP contribution in [0.5, 0.6) is 11.5 Å². The van der Waals surface area contributed by atoms with Crippen molar-refractivity contribution in [3.8, 4) is 11.5 Å². The normalized spacial score (nSPS) is 9.57. The predicted molar refractivity (Wildman–Crippen MR) is 90.6 cm³/mol. The lowest BCUT2D eigenvalue weighted by Crippen LogP contribution is -2.07. The second kappa shape index (κ2) is 7.61. The van der Waals surface area contributed by atoms with E-state index in [1.54, 1.807) is 48.5 Å². The molecule has 0 bridgehead atoms. The summed E-state index contributed by atoms with van der Waals surface area (Å²) in [4.78, 5) is 22.5. The molecule has 2 aromatic carbocycles. The first kappa shape index (κ1) is 16.0. The smallest absolute Gasteiger partial charge is 0.247 e. The Kier molecular flexibility index (Phi) is 5.30. The summed E-state index contributed by atoms with van der Waals surface area (Å²) in [5, 5.41) is 5.31. The fraction of sp³-hybridized carbons (Fsp3) is 0. The zero-order chi connectivity index (χ0) is 16.7. The van der Waals surface area contributed by atoms with Gasteiger partial charge in [0.2, 0.25) is 11.8 Å². The average molecular weight is 308 g/mol. The van der Waals surface area contributed by atoms with Crippen LogP contribution in [0.3, 0.4) is 0 Å². The first-order valence-corrected chi connectivity index (χ1v) is 6.85. The molecule has 0 unspecified atom stereocenters. The molecule has 0 saturated carbocycles. The molecule has 0 spiro atoms. The number of hydrogen-bond acceptors (Lipinski definition) is 3. The highest BCUT2D eigenvalue weighted by atomic mass is 16.5. The number of hydrogen-bond donors (Lipinski definition) is 2. The zero-order valence-corrected chi connectivity index (χ0v) is 12.4. The highest BCUT2D eigenvalue weighted by Gasteiger charge is 2.02. The topological polar surface area (TPSA) is 67.4 Å². The summed E-state index contributed by atoms with van der Waals surface area (Å²) >= 11 is 0. The summed E-state index contributed by atoms with van der Waals surface area (Å²) < 4.78 is 5.71. The minimum atomic E-state index is -0.288. The molecule has 0 aliphatic carbocycles. The molecule has 2 amide bonds. The molecule has 2 rings (SSSR count). The molecule has 0 aromatic heterocycles. The maximum absolute atomic E-state index is 11.3. The van der Waals surface area contributed by atoms with Crippen molar-refractivity contribution in [3.05, 3.63) is 73.8 Å². The van der Waals surface area contributed by atoms with Gasteiger partial charge in [0.25, 0.3) is 0 Å². The van der Waals surface area contributed by atoms with E-state index >= 15 is 0 Å². The molecule has 0 fully saturated rings. The van der Waals surface area contributed by atoms with Gasteiger partial charge in [0.15, 0.2) is 0 Å².